The van der Waals surface area contributed by atoms with Crippen molar-refractivity contribution in [2.45, 2.75) is 38.7 Å². The van der Waals surface area contributed by atoms with Crippen molar-refractivity contribution in [3.8, 4) is 0 Å². The van der Waals surface area contributed by atoms with Gasteiger partial charge in [-0.15, -0.1) is 0 Å². The Morgan fingerprint density at radius 2 is 2.04 bits per heavy atom. The molecule has 0 fully saturated rings. The molecule has 0 aromatic heterocycles. The largest absolute Gasteiger partial charge is 0.453 e. The van der Waals surface area contributed by atoms with E-state index < -0.39 is 27.8 Å². The van der Waals surface area contributed by atoms with Gasteiger partial charge in [0.05, 0.1) is 12.2 Å². The third-order valence-electron chi connectivity index (χ3n) is 4.48. The van der Waals surface area contributed by atoms with Crippen molar-refractivity contribution >= 4 is 27.4 Å². The van der Waals surface area contributed by atoms with Gasteiger partial charge in [0.15, 0.2) is 15.9 Å². The molecular formula is C18H21NO5S. The van der Waals surface area contributed by atoms with Gasteiger partial charge < -0.3 is 10.1 Å². The van der Waals surface area contributed by atoms with Crippen LogP contribution in [0.25, 0.3) is 0 Å². The maximum absolute atomic E-state index is 12.2. The molecule has 0 saturated carbocycles. The summed E-state index contributed by atoms with van der Waals surface area (Å²) in [6.45, 7) is 1.50. The highest BCUT2D eigenvalue weighted by Crippen LogP contribution is 2.25. The van der Waals surface area contributed by atoms with Crippen molar-refractivity contribution in [2.24, 2.45) is 5.92 Å². The van der Waals surface area contributed by atoms with E-state index in [1.807, 2.05) is 18.2 Å². The number of benzene rings is 1. The molecular weight excluding hydrogens is 342 g/mol. The number of carbonyl (C=O) groups excluding carboxylic acids is 2. The van der Waals surface area contributed by atoms with E-state index in [9.17, 15) is 18.0 Å². The summed E-state index contributed by atoms with van der Waals surface area (Å²) in [5.41, 5.74) is 3.26. The predicted octanol–water partition coefficient (Wildman–Crippen LogP) is 1.99. The van der Waals surface area contributed by atoms with Crippen LogP contribution in [0.5, 0.6) is 0 Å². The molecule has 1 N–H and O–H groups in total. The fourth-order valence-electron chi connectivity index (χ4n) is 3.17. The number of aryl methyl sites for hydroxylation is 2. The van der Waals surface area contributed by atoms with Gasteiger partial charge >= 0.3 is 5.97 Å². The molecule has 2 aliphatic rings. The van der Waals surface area contributed by atoms with Crippen LogP contribution in [-0.2, 0) is 37.0 Å². The first kappa shape index (κ1) is 17.7. The minimum Gasteiger partial charge on any atom is -0.453 e. The van der Waals surface area contributed by atoms with E-state index in [0.717, 1.165) is 24.7 Å². The van der Waals surface area contributed by atoms with Crippen LogP contribution in [0.15, 0.2) is 29.7 Å². The van der Waals surface area contributed by atoms with Gasteiger partial charge in [0.25, 0.3) is 5.91 Å². The molecule has 1 aromatic rings. The maximum Gasteiger partial charge on any atom is 0.307 e. The Balaban J connectivity index is 1.50. The molecule has 25 heavy (non-hydrogen) atoms. The molecule has 0 spiro atoms. The number of sulfone groups is 1. The monoisotopic (exact) mass is 363 g/mol. The second-order valence-corrected chi connectivity index (χ2v) is 8.51. The van der Waals surface area contributed by atoms with Crippen molar-refractivity contribution in [1.29, 1.82) is 0 Å². The van der Waals surface area contributed by atoms with Gasteiger partial charge in [0, 0.05) is 17.0 Å². The van der Waals surface area contributed by atoms with Crippen LogP contribution in [-0.4, -0.2) is 32.2 Å². The topological polar surface area (TPSA) is 89.5 Å². The van der Waals surface area contributed by atoms with Crippen LogP contribution >= 0.6 is 0 Å². The number of anilines is 1. The van der Waals surface area contributed by atoms with E-state index >= 15 is 0 Å². The Bertz CT molecular complexity index is 828. The Labute approximate surface area is 147 Å². The summed E-state index contributed by atoms with van der Waals surface area (Å²) in [6, 6.07) is 5.83. The summed E-state index contributed by atoms with van der Waals surface area (Å²) < 4.78 is 27.8. The van der Waals surface area contributed by atoms with Gasteiger partial charge in [-0.2, -0.15) is 0 Å². The van der Waals surface area contributed by atoms with Crippen molar-refractivity contribution in [1.82, 2.24) is 0 Å². The SMILES string of the molecule is CC(OC(=O)CC1C=CS(=O)(=O)C1)C(=O)Nc1ccc2c(c1)CCC2. The molecule has 1 aromatic carbocycles. The minimum atomic E-state index is -3.20. The third-order valence-corrected chi connectivity index (χ3v) is 5.94. The zero-order valence-corrected chi connectivity index (χ0v) is 14.8. The number of allylic oxidation sites excluding steroid dienone is 1. The highest BCUT2D eigenvalue weighted by molar-refractivity contribution is 7.94. The quantitative estimate of drug-likeness (QED) is 0.808. The molecule has 1 aliphatic heterocycles. The van der Waals surface area contributed by atoms with Crippen LogP contribution in [0.4, 0.5) is 5.69 Å². The Hall–Kier alpha value is -2.15. The van der Waals surface area contributed by atoms with Gasteiger partial charge in [-0.05, 0) is 49.4 Å². The number of hydrogen-bond acceptors (Lipinski definition) is 5. The predicted molar refractivity (Wildman–Crippen MR) is 93.7 cm³/mol. The minimum absolute atomic E-state index is 0.0494. The van der Waals surface area contributed by atoms with E-state index in [4.69, 9.17) is 4.74 Å². The van der Waals surface area contributed by atoms with E-state index in [1.54, 1.807) is 0 Å². The maximum atomic E-state index is 12.2. The molecule has 2 unspecified atom stereocenters. The van der Waals surface area contributed by atoms with Crippen LogP contribution in [0.1, 0.15) is 30.9 Å². The Kier molecular flexibility index (Phi) is 4.94. The molecule has 1 aliphatic carbocycles. The molecule has 0 saturated heterocycles. The Morgan fingerprint density at radius 1 is 1.28 bits per heavy atom. The number of nitrogens with one attached hydrogen (secondary N) is 1. The van der Waals surface area contributed by atoms with Crippen molar-refractivity contribution in [3.63, 3.8) is 0 Å². The van der Waals surface area contributed by atoms with Crippen LogP contribution in [0, 0.1) is 5.92 Å². The molecule has 0 radical (unpaired) electrons. The first-order chi connectivity index (χ1) is 11.8. The fourth-order valence-corrected chi connectivity index (χ4v) is 4.57. The fraction of sp³-hybridized carbons (Fsp3) is 0.444. The molecule has 2 atom stereocenters. The zero-order valence-electron chi connectivity index (χ0n) is 14.0. The normalized spacial score (nSPS) is 21.6. The van der Waals surface area contributed by atoms with Gasteiger partial charge in [0.1, 0.15) is 0 Å². The molecule has 0 bridgehead atoms. The number of fused-ring (bicyclic) bond motifs is 1. The van der Waals surface area contributed by atoms with Crippen molar-refractivity contribution in [2.75, 3.05) is 11.1 Å². The number of amides is 1. The summed E-state index contributed by atoms with van der Waals surface area (Å²) in [6.07, 6.45) is 3.72. The van der Waals surface area contributed by atoms with Gasteiger partial charge in [-0.1, -0.05) is 12.1 Å². The smallest absolute Gasteiger partial charge is 0.307 e. The number of rotatable bonds is 5. The lowest BCUT2D eigenvalue weighted by Gasteiger charge is -2.15. The van der Waals surface area contributed by atoms with Gasteiger partial charge in [0.2, 0.25) is 0 Å². The highest BCUT2D eigenvalue weighted by atomic mass is 32.2. The van der Waals surface area contributed by atoms with Crippen LogP contribution in [0.3, 0.4) is 0 Å². The summed E-state index contributed by atoms with van der Waals surface area (Å²) >= 11 is 0. The Morgan fingerprint density at radius 3 is 2.76 bits per heavy atom. The molecule has 1 heterocycles. The van der Waals surface area contributed by atoms with E-state index in [2.05, 4.69) is 5.32 Å². The molecule has 6 nitrogen and oxygen atoms in total. The van der Waals surface area contributed by atoms with E-state index in [1.165, 1.54) is 24.1 Å². The molecule has 7 heteroatoms. The van der Waals surface area contributed by atoms with Crippen LogP contribution < -0.4 is 5.32 Å². The number of ether oxygens (including phenoxy) is 1. The van der Waals surface area contributed by atoms with E-state index in [-0.39, 0.29) is 18.1 Å². The van der Waals surface area contributed by atoms with Gasteiger partial charge in [-0.3, -0.25) is 9.59 Å². The average molecular weight is 363 g/mol. The summed E-state index contributed by atoms with van der Waals surface area (Å²) in [7, 11) is -3.20. The van der Waals surface area contributed by atoms with Gasteiger partial charge in [-0.25, -0.2) is 8.42 Å². The highest BCUT2D eigenvalue weighted by Gasteiger charge is 2.26. The molecule has 1 amide bonds. The average Bonchev–Trinajstić information content (AvgIpc) is 3.12. The first-order valence-corrected chi connectivity index (χ1v) is 10.1. The van der Waals surface area contributed by atoms with Crippen LogP contribution in [0.2, 0.25) is 0 Å². The second kappa shape index (κ2) is 7.00. The summed E-state index contributed by atoms with van der Waals surface area (Å²) in [4.78, 5) is 24.1. The van der Waals surface area contributed by atoms with E-state index in [0.29, 0.717) is 5.69 Å². The summed E-state index contributed by atoms with van der Waals surface area (Å²) in [5.74, 6) is -1.45. The number of carbonyl (C=O) groups is 2. The zero-order chi connectivity index (χ0) is 18.0. The lowest BCUT2D eigenvalue weighted by atomic mass is 10.1. The molecule has 134 valence electrons. The lowest BCUT2D eigenvalue weighted by molar-refractivity contribution is -0.153. The first-order valence-electron chi connectivity index (χ1n) is 8.35. The van der Waals surface area contributed by atoms with Crippen molar-refractivity contribution in [3.05, 3.63) is 40.8 Å². The number of hydrogen-bond donors (Lipinski definition) is 1. The lowest BCUT2D eigenvalue weighted by Crippen LogP contribution is -2.30. The molecule has 3 rings (SSSR count). The third kappa shape index (κ3) is 4.48. The number of esters is 1. The van der Waals surface area contributed by atoms with Crippen molar-refractivity contribution < 1.29 is 22.7 Å². The standard InChI is InChI=1S/C18H21NO5S/c1-12(24-17(20)9-13-7-8-25(22,23)11-13)18(21)19-16-6-5-14-3-2-4-15(14)10-16/h5-8,10,12-13H,2-4,9,11H2,1H3,(H,19,21). The summed E-state index contributed by atoms with van der Waals surface area (Å²) in [5, 5.41) is 3.88. The second-order valence-electron chi connectivity index (χ2n) is 6.58.